The molecule has 1 fully saturated rings. The van der Waals surface area contributed by atoms with E-state index in [1.165, 1.54) is 9.80 Å². The summed E-state index contributed by atoms with van der Waals surface area (Å²) in [4.78, 5) is 27.0. The van der Waals surface area contributed by atoms with Gasteiger partial charge >= 0.3 is 0 Å². The van der Waals surface area contributed by atoms with Crippen molar-refractivity contribution in [3.63, 3.8) is 0 Å². The van der Waals surface area contributed by atoms with Crippen LogP contribution in [0.2, 0.25) is 0 Å². The molecule has 1 heterocycles. The van der Waals surface area contributed by atoms with E-state index in [0.717, 1.165) is 0 Å². The molecular formula is C14H22Cl4N2O2. The lowest BCUT2D eigenvalue weighted by molar-refractivity contribution is -0.159. The molecule has 0 bridgehead atoms. The molecule has 0 radical (unpaired) electrons. The SMILES string of the molecule is C[C@@H](CC1C(=O)N(C)C(C[C@H](C)C(Cl)Cl)C(=O)N1C)C(Cl)Cl. The van der Waals surface area contributed by atoms with Gasteiger partial charge in [0.2, 0.25) is 11.8 Å². The van der Waals surface area contributed by atoms with Crippen LogP contribution >= 0.6 is 46.4 Å². The number of carbonyl (C=O) groups is 2. The fourth-order valence-electron chi connectivity index (χ4n) is 2.54. The van der Waals surface area contributed by atoms with Gasteiger partial charge in [-0.05, 0) is 24.7 Å². The number of hydrogen-bond acceptors (Lipinski definition) is 2. The summed E-state index contributed by atoms with van der Waals surface area (Å²) < 4.78 is 0. The van der Waals surface area contributed by atoms with E-state index in [1.807, 2.05) is 13.8 Å². The second-order valence-corrected chi connectivity index (χ2v) is 8.35. The minimum atomic E-state index is -0.576. The van der Waals surface area contributed by atoms with E-state index in [0.29, 0.717) is 12.8 Å². The molecule has 0 saturated carbocycles. The zero-order valence-corrected chi connectivity index (χ0v) is 16.1. The van der Waals surface area contributed by atoms with E-state index in [9.17, 15) is 9.59 Å². The molecule has 4 nitrogen and oxygen atoms in total. The topological polar surface area (TPSA) is 40.6 Å². The Morgan fingerprint density at radius 1 is 0.818 bits per heavy atom. The molecule has 0 aliphatic carbocycles. The minimum absolute atomic E-state index is 0.0912. The first-order chi connectivity index (χ1) is 10.1. The maximum atomic E-state index is 12.6. The molecule has 1 rings (SSSR count). The lowest BCUT2D eigenvalue weighted by Crippen LogP contribution is -2.63. The first-order valence-corrected chi connectivity index (χ1v) is 8.92. The van der Waals surface area contributed by atoms with Crippen molar-refractivity contribution in [2.75, 3.05) is 14.1 Å². The monoisotopic (exact) mass is 390 g/mol. The first kappa shape index (κ1) is 20.1. The highest BCUT2D eigenvalue weighted by Crippen LogP contribution is 2.29. The van der Waals surface area contributed by atoms with E-state index < -0.39 is 21.8 Å². The molecule has 4 atom stereocenters. The highest BCUT2D eigenvalue weighted by atomic mass is 35.5. The standard InChI is InChI=1S/C14H22Cl4N2O2/c1-7(11(15)16)5-9-13(21)20(4)10(14(22)19(9)3)6-8(2)12(17)18/h7-12H,5-6H2,1-4H3/t7-,8-,9?,10?/m0/s1. The van der Waals surface area contributed by atoms with Gasteiger partial charge in [0, 0.05) is 14.1 Å². The molecule has 0 spiro atoms. The summed E-state index contributed by atoms with van der Waals surface area (Å²) >= 11 is 23.4. The van der Waals surface area contributed by atoms with Crippen molar-refractivity contribution in [1.29, 1.82) is 0 Å². The van der Waals surface area contributed by atoms with Crippen LogP contribution in [0.15, 0.2) is 0 Å². The molecule has 8 heteroatoms. The summed E-state index contributed by atoms with van der Waals surface area (Å²) in [6, 6.07) is -1.08. The summed E-state index contributed by atoms with van der Waals surface area (Å²) in [5.41, 5.74) is 0. The van der Waals surface area contributed by atoms with Crippen molar-refractivity contribution in [3.05, 3.63) is 0 Å². The number of amides is 2. The number of piperazine rings is 1. The third-order valence-corrected chi connectivity index (χ3v) is 5.97. The van der Waals surface area contributed by atoms with Crippen LogP contribution in [0.25, 0.3) is 0 Å². The Morgan fingerprint density at radius 2 is 1.09 bits per heavy atom. The lowest BCUT2D eigenvalue weighted by atomic mass is 9.93. The Morgan fingerprint density at radius 3 is 1.32 bits per heavy atom. The van der Waals surface area contributed by atoms with Gasteiger partial charge in [0.1, 0.15) is 21.8 Å². The fourth-order valence-corrected chi connectivity index (χ4v) is 2.95. The number of alkyl halides is 4. The van der Waals surface area contributed by atoms with Gasteiger partial charge in [-0.15, -0.1) is 46.4 Å². The normalized spacial score (nSPS) is 26.1. The number of likely N-dealkylation sites (N-methyl/N-ethyl adjacent to an activating group) is 2. The Kier molecular flexibility index (Phi) is 7.58. The van der Waals surface area contributed by atoms with E-state index in [-0.39, 0.29) is 23.7 Å². The molecule has 0 N–H and O–H groups in total. The molecule has 1 saturated heterocycles. The van der Waals surface area contributed by atoms with Gasteiger partial charge in [0.25, 0.3) is 0 Å². The summed E-state index contributed by atoms with van der Waals surface area (Å²) in [7, 11) is 3.28. The minimum Gasteiger partial charge on any atom is -0.332 e. The zero-order chi connectivity index (χ0) is 17.2. The van der Waals surface area contributed by atoms with Crippen molar-refractivity contribution in [2.45, 2.75) is 48.4 Å². The van der Waals surface area contributed by atoms with Gasteiger partial charge in [-0.1, -0.05) is 13.8 Å². The Hall–Kier alpha value is 0.1000. The predicted molar refractivity (Wildman–Crippen MR) is 91.7 cm³/mol. The van der Waals surface area contributed by atoms with E-state index in [4.69, 9.17) is 46.4 Å². The van der Waals surface area contributed by atoms with Crippen molar-refractivity contribution < 1.29 is 9.59 Å². The second-order valence-electron chi connectivity index (χ2n) is 6.02. The van der Waals surface area contributed by atoms with Crippen LogP contribution in [-0.4, -0.2) is 57.5 Å². The van der Waals surface area contributed by atoms with Crippen LogP contribution in [0.5, 0.6) is 0 Å². The van der Waals surface area contributed by atoms with Gasteiger partial charge in [0.05, 0.1) is 0 Å². The van der Waals surface area contributed by atoms with Gasteiger partial charge in [-0.2, -0.15) is 0 Å². The van der Waals surface area contributed by atoms with Crippen molar-refractivity contribution in [2.24, 2.45) is 11.8 Å². The Bertz CT molecular complexity index is 382. The second kappa shape index (κ2) is 8.27. The van der Waals surface area contributed by atoms with Gasteiger partial charge in [-0.25, -0.2) is 0 Å². The third-order valence-electron chi connectivity index (χ3n) is 4.25. The Labute approximate surface area is 152 Å². The summed E-state index contributed by atoms with van der Waals surface area (Å²) in [5, 5.41) is 0. The van der Waals surface area contributed by atoms with E-state index >= 15 is 0 Å². The van der Waals surface area contributed by atoms with E-state index in [2.05, 4.69) is 0 Å². The largest absolute Gasteiger partial charge is 0.332 e. The lowest BCUT2D eigenvalue weighted by Gasteiger charge is -2.43. The predicted octanol–water partition coefficient (Wildman–Crippen LogP) is 3.31. The van der Waals surface area contributed by atoms with Gasteiger partial charge < -0.3 is 9.80 Å². The van der Waals surface area contributed by atoms with Crippen molar-refractivity contribution in [1.82, 2.24) is 9.80 Å². The highest BCUT2D eigenvalue weighted by Gasteiger charge is 2.43. The van der Waals surface area contributed by atoms with Crippen LogP contribution in [0.1, 0.15) is 26.7 Å². The average Bonchev–Trinajstić information content (AvgIpc) is 2.45. The van der Waals surface area contributed by atoms with Gasteiger partial charge in [-0.3, -0.25) is 9.59 Å². The van der Waals surface area contributed by atoms with Crippen LogP contribution in [0.3, 0.4) is 0 Å². The maximum Gasteiger partial charge on any atom is 0.245 e. The molecule has 0 aromatic rings. The molecule has 1 aliphatic heterocycles. The van der Waals surface area contributed by atoms with Crippen LogP contribution in [-0.2, 0) is 9.59 Å². The number of halogens is 4. The molecular weight excluding hydrogens is 370 g/mol. The zero-order valence-electron chi connectivity index (χ0n) is 13.1. The summed E-state index contributed by atoms with van der Waals surface area (Å²) in [6.45, 7) is 3.71. The molecule has 0 aromatic carbocycles. The quantitative estimate of drug-likeness (QED) is 0.651. The maximum absolute atomic E-state index is 12.6. The number of hydrogen-bond donors (Lipinski definition) is 0. The van der Waals surface area contributed by atoms with Gasteiger partial charge in [0.15, 0.2) is 0 Å². The average molecular weight is 392 g/mol. The Balaban J connectivity index is 2.88. The first-order valence-electron chi connectivity index (χ1n) is 7.17. The van der Waals surface area contributed by atoms with Crippen molar-refractivity contribution in [3.8, 4) is 0 Å². The van der Waals surface area contributed by atoms with Crippen molar-refractivity contribution >= 4 is 58.2 Å². The van der Waals surface area contributed by atoms with Crippen LogP contribution in [0, 0.1) is 11.8 Å². The summed E-state index contributed by atoms with van der Waals surface area (Å²) in [6.07, 6.45) is 0.859. The molecule has 1 aliphatic rings. The number of rotatable bonds is 6. The number of nitrogens with zero attached hydrogens (tertiary/aromatic N) is 2. The fraction of sp³-hybridized carbons (Fsp3) is 0.857. The van der Waals surface area contributed by atoms with Crippen LogP contribution < -0.4 is 0 Å². The summed E-state index contributed by atoms with van der Waals surface area (Å²) in [5.74, 6) is -0.403. The highest BCUT2D eigenvalue weighted by molar-refractivity contribution is 6.44. The molecule has 2 unspecified atom stereocenters. The number of carbonyl (C=O) groups excluding carboxylic acids is 2. The smallest absolute Gasteiger partial charge is 0.245 e. The third kappa shape index (κ3) is 4.56. The van der Waals surface area contributed by atoms with E-state index in [1.54, 1.807) is 14.1 Å². The molecule has 22 heavy (non-hydrogen) atoms. The molecule has 128 valence electrons. The molecule has 2 amide bonds. The van der Waals surface area contributed by atoms with Crippen LogP contribution in [0.4, 0.5) is 0 Å². The molecule has 0 aromatic heterocycles.